The number of nitrogens with zero attached hydrogens (tertiary/aromatic N) is 2. The van der Waals surface area contributed by atoms with Crippen molar-refractivity contribution in [2.24, 2.45) is 5.92 Å². The number of aromatic nitrogens is 2. The molecule has 0 fully saturated rings. The second-order valence-electron chi connectivity index (χ2n) is 8.12. The summed E-state index contributed by atoms with van der Waals surface area (Å²) in [4.78, 5) is 12.1. The number of nitrogens with one attached hydrogen (secondary N) is 1. The van der Waals surface area contributed by atoms with Crippen molar-refractivity contribution in [3.05, 3.63) is 41.5 Å². The summed E-state index contributed by atoms with van der Waals surface area (Å²) in [6.45, 7) is 9.05. The first-order valence-corrected chi connectivity index (χ1v) is 10.8. The quantitative estimate of drug-likeness (QED) is 0.715. The molecule has 0 saturated carbocycles. The number of amides is 1. The van der Waals surface area contributed by atoms with Gasteiger partial charge in [-0.3, -0.25) is 0 Å². The van der Waals surface area contributed by atoms with Crippen molar-refractivity contribution in [2.75, 3.05) is 0 Å². The van der Waals surface area contributed by atoms with Gasteiger partial charge in [0.25, 0.3) is 0 Å². The fourth-order valence-corrected chi connectivity index (χ4v) is 3.66. The molecule has 2 rings (SSSR count). The number of carbonyl (C=O) groups is 1. The maximum Gasteiger partial charge on any atom is 0.408 e. The van der Waals surface area contributed by atoms with Gasteiger partial charge < -0.3 is 14.5 Å². The summed E-state index contributed by atoms with van der Waals surface area (Å²) < 4.78 is 49.0. The Morgan fingerprint density at radius 2 is 1.97 bits per heavy atom. The number of sulfone groups is 1. The summed E-state index contributed by atoms with van der Waals surface area (Å²) in [5.74, 6) is -0.917. The molecule has 10 heteroatoms. The highest BCUT2D eigenvalue weighted by Gasteiger charge is 2.29. The van der Waals surface area contributed by atoms with Crippen molar-refractivity contribution in [3.63, 3.8) is 0 Å². The number of halogens is 1. The van der Waals surface area contributed by atoms with E-state index in [-0.39, 0.29) is 17.4 Å². The average Bonchev–Trinajstić information content (AvgIpc) is 3.02. The van der Waals surface area contributed by atoms with Crippen LogP contribution in [0, 0.1) is 11.7 Å². The summed E-state index contributed by atoms with van der Waals surface area (Å²) in [6.07, 6.45) is -0.240. The summed E-state index contributed by atoms with van der Waals surface area (Å²) in [7, 11) is -3.98. The van der Waals surface area contributed by atoms with Crippen molar-refractivity contribution in [3.8, 4) is 0 Å². The molecule has 0 aliphatic rings. The largest absolute Gasteiger partial charge is 0.444 e. The summed E-state index contributed by atoms with van der Waals surface area (Å²) in [5, 5.41) is 9.49. The first kappa shape index (κ1) is 22.8. The van der Waals surface area contributed by atoms with E-state index in [0.717, 1.165) is 6.07 Å². The van der Waals surface area contributed by atoms with Crippen LogP contribution >= 0.6 is 0 Å². The van der Waals surface area contributed by atoms with Crippen LogP contribution in [0.25, 0.3) is 0 Å². The molecule has 0 bridgehead atoms. The molecular formula is C19H26FN3O5S. The van der Waals surface area contributed by atoms with E-state index in [1.165, 1.54) is 18.2 Å². The van der Waals surface area contributed by atoms with Gasteiger partial charge in [-0.05, 0) is 50.8 Å². The zero-order valence-electron chi connectivity index (χ0n) is 17.1. The van der Waals surface area contributed by atoms with E-state index in [0.29, 0.717) is 6.42 Å². The van der Waals surface area contributed by atoms with E-state index >= 15 is 0 Å². The molecule has 29 heavy (non-hydrogen) atoms. The van der Waals surface area contributed by atoms with Gasteiger partial charge in [0.05, 0.1) is 5.75 Å². The molecule has 0 radical (unpaired) electrons. The number of ether oxygens (including phenoxy) is 1. The summed E-state index contributed by atoms with van der Waals surface area (Å²) in [5.41, 5.74) is -0.434. The lowest BCUT2D eigenvalue weighted by atomic mass is 10.0. The molecule has 0 aliphatic carbocycles. The van der Waals surface area contributed by atoms with Crippen molar-refractivity contribution in [1.29, 1.82) is 0 Å². The van der Waals surface area contributed by atoms with Crippen LogP contribution in [0.4, 0.5) is 9.18 Å². The minimum atomic E-state index is -3.98. The maximum absolute atomic E-state index is 13.3. The van der Waals surface area contributed by atoms with Gasteiger partial charge in [0, 0.05) is 0 Å². The molecule has 0 saturated heterocycles. The monoisotopic (exact) mass is 427 g/mol. The number of alkyl carbamates (subject to hydrolysis) is 1. The Kier molecular flexibility index (Phi) is 6.99. The molecule has 1 heterocycles. The molecule has 1 amide bonds. The van der Waals surface area contributed by atoms with Gasteiger partial charge in [0.2, 0.25) is 15.7 Å². The molecule has 1 aromatic heterocycles. The highest BCUT2D eigenvalue weighted by atomic mass is 32.2. The zero-order valence-corrected chi connectivity index (χ0v) is 17.9. The molecule has 1 unspecified atom stereocenters. The number of carbonyl (C=O) groups excluding carboxylic acids is 1. The normalized spacial score (nSPS) is 13.3. The van der Waals surface area contributed by atoms with E-state index < -0.39 is 44.4 Å². The van der Waals surface area contributed by atoms with E-state index in [1.54, 1.807) is 20.8 Å². The molecule has 8 nitrogen and oxygen atoms in total. The second-order valence-corrected chi connectivity index (χ2v) is 9.99. The average molecular weight is 427 g/mol. The molecule has 160 valence electrons. The molecule has 0 spiro atoms. The van der Waals surface area contributed by atoms with Crippen LogP contribution in [0.3, 0.4) is 0 Å². The smallest absolute Gasteiger partial charge is 0.408 e. The van der Waals surface area contributed by atoms with Gasteiger partial charge in [0.15, 0.2) is 0 Å². The van der Waals surface area contributed by atoms with Crippen LogP contribution in [0.2, 0.25) is 0 Å². The van der Waals surface area contributed by atoms with Crippen LogP contribution in [0.1, 0.15) is 58.5 Å². The van der Waals surface area contributed by atoms with Crippen LogP contribution in [0.5, 0.6) is 0 Å². The van der Waals surface area contributed by atoms with Crippen molar-refractivity contribution < 1.29 is 26.8 Å². The predicted octanol–water partition coefficient (Wildman–Crippen LogP) is 3.79. The first-order valence-electron chi connectivity index (χ1n) is 9.16. The van der Waals surface area contributed by atoms with Crippen molar-refractivity contribution in [2.45, 2.75) is 63.7 Å². The number of benzene rings is 1. The SMILES string of the molecule is CC(C)CC(NC(=O)OC(C)(C)C)c1nnc(S(=O)(=O)Cc2cccc(F)c2)o1. The zero-order chi connectivity index (χ0) is 21.8. The van der Waals surface area contributed by atoms with E-state index in [9.17, 15) is 17.6 Å². The lowest BCUT2D eigenvalue weighted by molar-refractivity contribution is 0.0487. The number of hydrogen-bond acceptors (Lipinski definition) is 7. The molecule has 1 aromatic carbocycles. The summed E-state index contributed by atoms with van der Waals surface area (Å²) >= 11 is 0. The van der Waals surface area contributed by atoms with Gasteiger partial charge in [-0.15, -0.1) is 5.10 Å². The maximum atomic E-state index is 13.3. The fourth-order valence-electron chi connectivity index (χ4n) is 2.54. The van der Waals surface area contributed by atoms with Crippen LogP contribution in [-0.4, -0.2) is 30.3 Å². The number of hydrogen-bond donors (Lipinski definition) is 1. The van der Waals surface area contributed by atoms with Gasteiger partial charge in [-0.25, -0.2) is 17.6 Å². The molecule has 1 atom stereocenters. The lowest BCUT2D eigenvalue weighted by Gasteiger charge is -2.22. The Hall–Kier alpha value is -2.49. The topological polar surface area (TPSA) is 111 Å². The third kappa shape index (κ3) is 7.12. The standard InChI is InChI=1S/C19H26FN3O5S/c1-12(2)9-15(21-17(24)28-19(3,4)5)16-22-23-18(27-16)29(25,26)11-13-7-6-8-14(20)10-13/h6-8,10,12,15H,9,11H2,1-5H3,(H,21,24). The first-order chi connectivity index (χ1) is 13.4. The Bertz CT molecular complexity index is 951. The van der Waals surface area contributed by atoms with E-state index in [2.05, 4.69) is 15.5 Å². The number of rotatable bonds is 7. The molecule has 2 aromatic rings. The Morgan fingerprint density at radius 1 is 1.28 bits per heavy atom. The highest BCUT2D eigenvalue weighted by Crippen LogP contribution is 2.24. The lowest BCUT2D eigenvalue weighted by Crippen LogP contribution is -2.35. The Morgan fingerprint density at radius 3 is 2.55 bits per heavy atom. The van der Waals surface area contributed by atoms with E-state index in [4.69, 9.17) is 9.15 Å². The minimum absolute atomic E-state index is 0.0395. The highest BCUT2D eigenvalue weighted by molar-refractivity contribution is 7.90. The van der Waals surface area contributed by atoms with Gasteiger partial charge >= 0.3 is 11.3 Å². The third-order valence-corrected chi connectivity index (χ3v) is 5.04. The predicted molar refractivity (Wildman–Crippen MR) is 103 cm³/mol. The fraction of sp³-hybridized carbons (Fsp3) is 0.526. The molecular weight excluding hydrogens is 401 g/mol. The van der Waals surface area contributed by atoms with Gasteiger partial charge in [-0.2, -0.15) is 0 Å². The Balaban J connectivity index is 2.21. The Labute approximate surface area is 169 Å². The van der Waals surface area contributed by atoms with Crippen molar-refractivity contribution in [1.82, 2.24) is 15.5 Å². The summed E-state index contributed by atoms with van der Waals surface area (Å²) in [6, 6.07) is 4.54. The van der Waals surface area contributed by atoms with Crippen LogP contribution in [0.15, 0.2) is 33.9 Å². The van der Waals surface area contributed by atoms with Crippen LogP contribution in [-0.2, 0) is 20.3 Å². The van der Waals surface area contributed by atoms with Gasteiger partial charge in [-0.1, -0.05) is 31.1 Å². The molecule has 0 aliphatic heterocycles. The second kappa shape index (κ2) is 8.89. The van der Waals surface area contributed by atoms with Gasteiger partial charge in [0.1, 0.15) is 17.5 Å². The van der Waals surface area contributed by atoms with Crippen molar-refractivity contribution >= 4 is 15.9 Å². The van der Waals surface area contributed by atoms with Crippen LogP contribution < -0.4 is 5.32 Å². The van der Waals surface area contributed by atoms with E-state index in [1.807, 2.05) is 13.8 Å². The molecule has 1 N–H and O–H groups in total. The minimum Gasteiger partial charge on any atom is -0.444 e. The third-order valence-electron chi connectivity index (χ3n) is 3.63.